The first kappa shape index (κ1) is 10.8. The molecule has 2 aliphatic heterocycles. The Hall–Kier alpha value is -1.07. The molecule has 3 nitrogen and oxygen atoms in total. The highest BCUT2D eigenvalue weighted by Gasteiger charge is 2.41. The van der Waals surface area contributed by atoms with E-state index in [-0.39, 0.29) is 5.91 Å². The van der Waals surface area contributed by atoms with E-state index in [0.29, 0.717) is 11.3 Å². The van der Waals surface area contributed by atoms with Crippen LogP contribution in [0.3, 0.4) is 0 Å². The molecule has 0 saturated carbocycles. The zero-order valence-electron chi connectivity index (χ0n) is 9.70. The number of hydrogen-bond donors (Lipinski definition) is 0. The van der Waals surface area contributed by atoms with Gasteiger partial charge in [0.05, 0.1) is 15.7 Å². The van der Waals surface area contributed by atoms with Gasteiger partial charge in [-0.15, -0.1) is 11.3 Å². The number of likely N-dealkylation sites (tertiary alicyclic amines) is 1. The Bertz CT molecular complexity index is 624. The Morgan fingerprint density at radius 2 is 2.39 bits per heavy atom. The number of carbonyl (C=O) groups excluding carboxylic acids is 1. The first-order chi connectivity index (χ1) is 8.81. The van der Waals surface area contributed by atoms with Crippen molar-refractivity contribution in [1.29, 1.82) is 0 Å². The van der Waals surface area contributed by atoms with Crippen molar-refractivity contribution in [1.82, 2.24) is 9.88 Å². The summed E-state index contributed by atoms with van der Waals surface area (Å²) in [6.07, 6.45) is 1.18. The van der Waals surface area contributed by atoms with Gasteiger partial charge in [0.1, 0.15) is 0 Å². The minimum atomic E-state index is 0.193. The van der Waals surface area contributed by atoms with Gasteiger partial charge in [0.25, 0.3) is 5.91 Å². The lowest BCUT2D eigenvalue weighted by Crippen LogP contribution is -2.39. The summed E-state index contributed by atoms with van der Waals surface area (Å²) >= 11 is 3.60. The lowest BCUT2D eigenvalue weighted by Gasteiger charge is -2.26. The Kier molecular flexibility index (Phi) is 2.38. The molecule has 0 unspecified atom stereocenters. The van der Waals surface area contributed by atoms with Gasteiger partial charge >= 0.3 is 0 Å². The number of thioether (sulfide) groups is 1. The van der Waals surface area contributed by atoms with E-state index < -0.39 is 0 Å². The first-order valence-electron chi connectivity index (χ1n) is 6.07. The van der Waals surface area contributed by atoms with Crippen LogP contribution in [0.2, 0.25) is 0 Å². The molecule has 0 spiro atoms. The molecule has 2 saturated heterocycles. The zero-order chi connectivity index (χ0) is 12.1. The van der Waals surface area contributed by atoms with E-state index >= 15 is 0 Å². The first-order valence-corrected chi connectivity index (χ1v) is 8.00. The molecule has 2 bridgehead atoms. The van der Waals surface area contributed by atoms with Crippen LogP contribution in [0.4, 0.5) is 0 Å². The molecule has 4 rings (SSSR count). The van der Waals surface area contributed by atoms with Crippen LogP contribution in [-0.4, -0.2) is 39.4 Å². The van der Waals surface area contributed by atoms with Crippen molar-refractivity contribution in [3.63, 3.8) is 0 Å². The molecule has 0 radical (unpaired) electrons. The molecular weight excluding hydrogens is 264 g/mol. The normalized spacial score (nSPS) is 26.1. The second-order valence-corrected chi connectivity index (χ2v) is 7.06. The molecule has 2 atom stereocenters. The van der Waals surface area contributed by atoms with Crippen molar-refractivity contribution >= 4 is 39.2 Å². The number of nitrogens with zero attached hydrogens (tertiary/aromatic N) is 2. The zero-order valence-corrected chi connectivity index (χ0v) is 11.3. The predicted octanol–water partition coefficient (Wildman–Crippen LogP) is 2.63. The van der Waals surface area contributed by atoms with E-state index in [0.717, 1.165) is 28.1 Å². The summed E-state index contributed by atoms with van der Waals surface area (Å²) in [5.41, 5.74) is 3.62. The summed E-state index contributed by atoms with van der Waals surface area (Å²) in [5, 5.41) is 0.672. The van der Waals surface area contributed by atoms with Gasteiger partial charge in [0.2, 0.25) is 0 Å². The van der Waals surface area contributed by atoms with Crippen LogP contribution in [0, 0.1) is 0 Å². The van der Waals surface area contributed by atoms with Crippen LogP contribution < -0.4 is 0 Å². The van der Waals surface area contributed by atoms with E-state index in [1.807, 2.05) is 35.5 Å². The third-order valence-electron chi connectivity index (χ3n) is 3.74. The second kappa shape index (κ2) is 3.96. The Labute approximate surface area is 113 Å². The van der Waals surface area contributed by atoms with Crippen LogP contribution in [-0.2, 0) is 0 Å². The molecule has 0 N–H and O–H groups in total. The van der Waals surface area contributed by atoms with Crippen LogP contribution in [0.1, 0.15) is 16.8 Å². The lowest BCUT2D eigenvalue weighted by atomic mass is 10.1. The maximum absolute atomic E-state index is 12.5. The predicted molar refractivity (Wildman–Crippen MR) is 75.3 cm³/mol. The number of amides is 1. The third-order valence-corrected chi connectivity index (χ3v) is 5.92. The summed E-state index contributed by atoms with van der Waals surface area (Å²) in [6.45, 7) is 0.925. The average Bonchev–Trinajstić information content (AvgIpc) is 3.12. The molecule has 5 heteroatoms. The maximum atomic E-state index is 12.5. The highest BCUT2D eigenvalue weighted by molar-refractivity contribution is 8.00. The number of rotatable bonds is 1. The number of benzene rings is 1. The summed E-state index contributed by atoms with van der Waals surface area (Å²) in [7, 11) is 0. The van der Waals surface area contributed by atoms with Crippen molar-refractivity contribution in [2.75, 3.05) is 12.3 Å². The van der Waals surface area contributed by atoms with Gasteiger partial charge in [-0.3, -0.25) is 4.79 Å². The van der Waals surface area contributed by atoms with E-state index in [2.05, 4.69) is 9.88 Å². The van der Waals surface area contributed by atoms with Crippen molar-refractivity contribution < 1.29 is 4.79 Å². The SMILES string of the molecule is O=C(c1ccc2ncsc2c1)N1C[C@H]2C[C@H]1CS2. The van der Waals surface area contributed by atoms with Gasteiger partial charge in [-0.05, 0) is 24.6 Å². The second-order valence-electron chi connectivity index (χ2n) is 4.84. The number of aromatic nitrogens is 1. The summed E-state index contributed by atoms with van der Waals surface area (Å²) in [4.78, 5) is 18.8. The van der Waals surface area contributed by atoms with Gasteiger partial charge < -0.3 is 4.90 Å². The molecule has 0 aliphatic carbocycles. The molecule has 2 aromatic rings. The molecule has 1 aromatic heterocycles. The number of carbonyl (C=O) groups is 1. The third kappa shape index (κ3) is 1.57. The standard InChI is InChI=1S/C13H12N2OS2/c16-13(15-5-10-4-9(15)6-17-10)8-1-2-11-12(3-8)18-7-14-11/h1-3,7,9-10H,4-6H2/t9-,10+/m0/s1. The van der Waals surface area contributed by atoms with Crippen LogP contribution in [0.15, 0.2) is 23.7 Å². The molecular formula is C13H12N2OS2. The lowest BCUT2D eigenvalue weighted by molar-refractivity contribution is 0.0748. The number of fused-ring (bicyclic) bond motifs is 3. The largest absolute Gasteiger partial charge is 0.334 e. The fraction of sp³-hybridized carbons (Fsp3) is 0.385. The quantitative estimate of drug-likeness (QED) is 0.803. The highest BCUT2D eigenvalue weighted by atomic mass is 32.2. The van der Waals surface area contributed by atoms with Gasteiger partial charge in [0, 0.05) is 29.2 Å². The molecule has 92 valence electrons. The van der Waals surface area contributed by atoms with E-state index in [4.69, 9.17) is 0 Å². The average molecular weight is 276 g/mol. The van der Waals surface area contributed by atoms with Gasteiger partial charge in [0.15, 0.2) is 0 Å². The fourth-order valence-corrected chi connectivity index (χ4v) is 4.95. The Morgan fingerprint density at radius 1 is 1.44 bits per heavy atom. The Morgan fingerprint density at radius 3 is 3.17 bits per heavy atom. The van der Waals surface area contributed by atoms with Gasteiger partial charge in [-0.25, -0.2) is 4.98 Å². The van der Waals surface area contributed by atoms with Gasteiger partial charge in [-0.2, -0.15) is 11.8 Å². The van der Waals surface area contributed by atoms with E-state index in [1.54, 1.807) is 11.3 Å². The van der Waals surface area contributed by atoms with Crippen molar-refractivity contribution in [3.05, 3.63) is 29.3 Å². The topological polar surface area (TPSA) is 33.2 Å². The highest BCUT2D eigenvalue weighted by Crippen LogP contribution is 2.38. The van der Waals surface area contributed by atoms with E-state index in [1.165, 1.54) is 6.42 Å². The molecule has 1 amide bonds. The molecule has 18 heavy (non-hydrogen) atoms. The minimum Gasteiger partial charge on any atom is -0.334 e. The monoisotopic (exact) mass is 276 g/mol. The van der Waals surface area contributed by atoms with Crippen molar-refractivity contribution in [2.24, 2.45) is 0 Å². The Balaban J connectivity index is 1.67. The smallest absolute Gasteiger partial charge is 0.254 e. The number of hydrogen-bond acceptors (Lipinski definition) is 4. The van der Waals surface area contributed by atoms with Crippen LogP contribution in [0.5, 0.6) is 0 Å². The molecule has 2 fully saturated rings. The maximum Gasteiger partial charge on any atom is 0.254 e. The molecule has 3 heterocycles. The van der Waals surface area contributed by atoms with Crippen molar-refractivity contribution in [3.8, 4) is 0 Å². The molecule has 2 aliphatic rings. The van der Waals surface area contributed by atoms with Crippen LogP contribution >= 0.6 is 23.1 Å². The summed E-state index contributed by atoms with van der Waals surface area (Å²) < 4.78 is 1.10. The minimum absolute atomic E-state index is 0.193. The van der Waals surface area contributed by atoms with Crippen molar-refractivity contribution in [2.45, 2.75) is 17.7 Å². The number of thiazole rings is 1. The molecule has 1 aromatic carbocycles. The van der Waals surface area contributed by atoms with E-state index in [9.17, 15) is 4.79 Å². The van der Waals surface area contributed by atoms with Crippen LogP contribution in [0.25, 0.3) is 10.2 Å². The fourth-order valence-electron chi connectivity index (χ4n) is 2.80. The van der Waals surface area contributed by atoms with Gasteiger partial charge in [-0.1, -0.05) is 0 Å². The summed E-state index contributed by atoms with van der Waals surface area (Å²) in [5.74, 6) is 1.30. The summed E-state index contributed by atoms with van der Waals surface area (Å²) in [6, 6.07) is 6.30.